The van der Waals surface area contributed by atoms with E-state index in [0.29, 0.717) is 0 Å². The number of hydrogen-bond acceptors (Lipinski definition) is 9. The highest BCUT2D eigenvalue weighted by atomic mass is 16.7. The van der Waals surface area contributed by atoms with Crippen molar-refractivity contribution in [2.45, 2.75) is 32.7 Å². The number of fused-ring (bicyclic) bond motifs is 4. The number of nitrogens with one attached hydrogen (secondary N) is 2. The number of carbonyl (C=O) groups excluding carboxylic acids is 3. The maximum Gasteiger partial charge on any atom is 0.332 e. The number of methoxy groups -OCH3 is 1. The van der Waals surface area contributed by atoms with Gasteiger partial charge in [-0.2, -0.15) is 0 Å². The number of carbonyl (C=O) groups is 4. The van der Waals surface area contributed by atoms with Crippen LogP contribution in [0.15, 0.2) is 65.6 Å². The first kappa shape index (κ1) is 28.4. The average Bonchev–Trinajstić information content (AvgIpc) is 3.25. The van der Waals surface area contributed by atoms with Crippen LogP contribution in [0.3, 0.4) is 0 Å². The maximum absolute atomic E-state index is 13.8. The number of allylic oxidation sites excluding steroid dienone is 4. The van der Waals surface area contributed by atoms with Crippen LogP contribution in [0.2, 0.25) is 0 Å². The average molecular weight is 573 g/mol. The largest absolute Gasteiger partial charge is 0.507 e. The van der Waals surface area contributed by atoms with Crippen LogP contribution in [0, 0.1) is 6.92 Å². The molecule has 0 saturated heterocycles. The Morgan fingerprint density at radius 2 is 1.86 bits per heavy atom. The summed E-state index contributed by atoms with van der Waals surface area (Å²) in [6.45, 7) is 4.27. The number of benzene rings is 3. The fraction of sp³-hybridized carbons (Fsp3) is 0.226. The van der Waals surface area contributed by atoms with Crippen LogP contribution in [0.5, 0.6) is 17.2 Å². The Morgan fingerprint density at radius 1 is 1.12 bits per heavy atom. The number of ketones is 2. The van der Waals surface area contributed by atoms with E-state index in [0.717, 1.165) is 28.0 Å². The summed E-state index contributed by atoms with van der Waals surface area (Å²) >= 11 is 0. The first-order valence-corrected chi connectivity index (χ1v) is 13.0. The first-order chi connectivity index (χ1) is 20.0. The molecule has 216 valence electrons. The van der Waals surface area contributed by atoms with E-state index in [1.807, 2.05) is 43.3 Å². The summed E-state index contributed by atoms with van der Waals surface area (Å²) in [5.74, 6) is -3.82. The highest BCUT2D eigenvalue weighted by molar-refractivity contribution is 6.31. The summed E-state index contributed by atoms with van der Waals surface area (Å²) in [7, 11) is 1.33. The van der Waals surface area contributed by atoms with Gasteiger partial charge in [-0.15, -0.1) is 0 Å². The lowest BCUT2D eigenvalue weighted by atomic mass is 9.70. The molecule has 0 radical (unpaired) electrons. The predicted molar refractivity (Wildman–Crippen MR) is 150 cm³/mol. The van der Waals surface area contributed by atoms with E-state index in [4.69, 9.17) is 19.4 Å². The van der Waals surface area contributed by atoms with Crippen molar-refractivity contribution in [3.05, 3.63) is 87.8 Å². The summed E-state index contributed by atoms with van der Waals surface area (Å²) in [5, 5.41) is 24.8. The van der Waals surface area contributed by atoms with Crippen molar-refractivity contribution >= 4 is 34.2 Å². The fourth-order valence-corrected chi connectivity index (χ4v) is 5.42. The van der Waals surface area contributed by atoms with Gasteiger partial charge in [-0.25, -0.2) is 4.79 Å². The molecule has 11 nitrogen and oxygen atoms in total. The predicted octanol–water partition coefficient (Wildman–Crippen LogP) is 3.36. The minimum Gasteiger partial charge on any atom is -0.507 e. The number of phenolic OH excluding ortho intramolecular Hbond substituents is 1. The molecule has 3 aromatic carbocycles. The molecule has 11 heteroatoms. The minimum atomic E-state index is -1.67. The molecule has 1 amide bonds. The molecule has 1 aliphatic heterocycles. The molecule has 42 heavy (non-hydrogen) atoms. The monoisotopic (exact) mass is 572 g/mol. The smallest absolute Gasteiger partial charge is 0.332 e. The van der Waals surface area contributed by atoms with Crippen LogP contribution in [-0.2, 0) is 31.2 Å². The molecule has 0 unspecified atom stereocenters. The van der Waals surface area contributed by atoms with Crippen molar-refractivity contribution in [3.8, 4) is 17.2 Å². The SMILES string of the molecule is COc1cc(O)c2c(c1C(=O)NCc1c(C)ccc3ccccc13)OC1=CC(=O)/C(=C(/C)NOCC(=O)O)C(=O)[C@]12C. The third kappa shape index (κ3) is 4.53. The second kappa shape index (κ2) is 10.7. The first-order valence-electron chi connectivity index (χ1n) is 13.0. The van der Waals surface area contributed by atoms with Gasteiger partial charge < -0.3 is 25.0 Å². The molecule has 5 rings (SSSR count). The number of aliphatic carboxylic acids is 1. The molecule has 0 bridgehead atoms. The number of phenols is 1. The third-order valence-corrected chi connectivity index (χ3v) is 7.56. The summed E-state index contributed by atoms with van der Waals surface area (Å²) in [5.41, 5.74) is 2.16. The molecule has 0 spiro atoms. The van der Waals surface area contributed by atoms with Crippen molar-refractivity contribution in [2.24, 2.45) is 0 Å². The number of carboxylic acid groups (broad SMARTS) is 1. The van der Waals surface area contributed by atoms with Gasteiger partial charge in [0.1, 0.15) is 28.2 Å². The topological polar surface area (TPSA) is 160 Å². The zero-order valence-electron chi connectivity index (χ0n) is 23.3. The Bertz CT molecular complexity index is 1750. The van der Waals surface area contributed by atoms with Crippen LogP contribution in [-0.4, -0.2) is 47.4 Å². The van der Waals surface area contributed by atoms with Gasteiger partial charge in [0.15, 0.2) is 23.9 Å². The zero-order valence-corrected chi connectivity index (χ0v) is 23.3. The number of hydroxylamine groups is 1. The van der Waals surface area contributed by atoms with Crippen molar-refractivity contribution < 1.29 is 43.7 Å². The van der Waals surface area contributed by atoms with E-state index < -0.39 is 35.5 Å². The molecule has 4 N–H and O–H groups in total. The van der Waals surface area contributed by atoms with Gasteiger partial charge in [0, 0.05) is 24.4 Å². The quantitative estimate of drug-likeness (QED) is 0.179. The Kier molecular flexibility index (Phi) is 7.21. The minimum absolute atomic E-state index is 0.00436. The van der Waals surface area contributed by atoms with Gasteiger partial charge in [-0.1, -0.05) is 36.4 Å². The number of aromatic hydroxyl groups is 1. The van der Waals surface area contributed by atoms with Gasteiger partial charge in [-0.05, 0) is 42.7 Å². The zero-order chi connectivity index (χ0) is 30.3. The van der Waals surface area contributed by atoms with Crippen molar-refractivity contribution in [1.29, 1.82) is 0 Å². The molecule has 0 saturated carbocycles. The van der Waals surface area contributed by atoms with Gasteiger partial charge >= 0.3 is 5.97 Å². The lowest BCUT2D eigenvalue weighted by Crippen LogP contribution is -2.41. The van der Waals surface area contributed by atoms with E-state index in [1.54, 1.807) is 0 Å². The number of rotatable bonds is 8. The van der Waals surface area contributed by atoms with Gasteiger partial charge in [0.2, 0.25) is 0 Å². The van der Waals surface area contributed by atoms with Crippen molar-refractivity contribution in [3.63, 3.8) is 0 Å². The number of ether oxygens (including phenoxy) is 2. The summed E-state index contributed by atoms with van der Waals surface area (Å²) in [4.78, 5) is 56.2. The molecular formula is C31H28N2O9. The lowest BCUT2D eigenvalue weighted by molar-refractivity contribution is -0.144. The number of amides is 1. The number of hydrogen-bond donors (Lipinski definition) is 4. The Labute approximate surface area is 240 Å². The normalized spacial score (nSPS) is 18.5. The second-order valence-corrected chi connectivity index (χ2v) is 10.2. The van der Waals surface area contributed by atoms with Gasteiger partial charge in [0.05, 0.1) is 18.2 Å². The van der Waals surface area contributed by atoms with Gasteiger partial charge in [-0.3, -0.25) is 24.7 Å². The van der Waals surface area contributed by atoms with Crippen LogP contribution >= 0.6 is 0 Å². The fourth-order valence-electron chi connectivity index (χ4n) is 5.42. The highest BCUT2D eigenvalue weighted by Gasteiger charge is 2.56. The number of Topliss-reactive ketones (excluding diaryl/α,β-unsaturated/α-hetero) is 1. The third-order valence-electron chi connectivity index (χ3n) is 7.56. The molecule has 2 aliphatic rings. The molecule has 0 aromatic heterocycles. The van der Waals surface area contributed by atoms with Crippen LogP contribution in [0.25, 0.3) is 10.8 Å². The van der Waals surface area contributed by atoms with Crippen LogP contribution in [0.1, 0.15) is 40.9 Å². The molecule has 1 heterocycles. The van der Waals surface area contributed by atoms with Crippen molar-refractivity contribution in [1.82, 2.24) is 10.8 Å². The summed E-state index contributed by atoms with van der Waals surface area (Å²) in [6.07, 6.45) is 1.10. The van der Waals surface area contributed by atoms with E-state index in [2.05, 4.69) is 10.8 Å². The number of carboxylic acids is 1. The van der Waals surface area contributed by atoms with Crippen molar-refractivity contribution in [2.75, 3.05) is 13.7 Å². The van der Waals surface area contributed by atoms with Gasteiger partial charge in [0.25, 0.3) is 5.91 Å². The standard InChI is InChI=1S/C31H28N2O9/c1-15-9-10-17-7-5-6-8-18(17)19(15)13-32-30(39)26-22(40-4)11-21(35)27-28(26)42-23-12-20(34)25(29(38)31(23,27)3)16(2)33-41-14-24(36)37/h5-12,33,35H,13-14H2,1-4H3,(H,32,39)(H,36,37)/b25-16+/t31-/m1/s1. The Balaban J connectivity index is 1.55. The summed E-state index contributed by atoms with van der Waals surface area (Å²) in [6, 6.07) is 13.0. The molecule has 3 aromatic rings. The Morgan fingerprint density at radius 3 is 2.57 bits per heavy atom. The Hall–Kier alpha value is -5.16. The highest BCUT2D eigenvalue weighted by Crippen LogP contribution is 2.56. The van der Waals surface area contributed by atoms with Crippen LogP contribution in [0.4, 0.5) is 0 Å². The molecule has 1 atom stereocenters. The second-order valence-electron chi connectivity index (χ2n) is 10.2. The summed E-state index contributed by atoms with van der Waals surface area (Å²) < 4.78 is 11.4. The number of aryl methyl sites for hydroxylation is 1. The van der Waals surface area contributed by atoms with E-state index in [9.17, 15) is 24.3 Å². The van der Waals surface area contributed by atoms with E-state index >= 15 is 0 Å². The maximum atomic E-state index is 13.8. The molecule has 1 aliphatic carbocycles. The molecular weight excluding hydrogens is 544 g/mol. The van der Waals surface area contributed by atoms with E-state index in [-0.39, 0.29) is 51.9 Å². The lowest BCUT2D eigenvalue weighted by Gasteiger charge is -2.28. The molecule has 0 fully saturated rings. The van der Waals surface area contributed by atoms with Crippen LogP contribution < -0.4 is 20.3 Å². The van der Waals surface area contributed by atoms with E-state index in [1.165, 1.54) is 27.0 Å².